The van der Waals surface area contributed by atoms with Crippen molar-refractivity contribution in [2.75, 3.05) is 26.7 Å². The minimum Gasteiger partial charge on any atom is -0.342 e. The van der Waals surface area contributed by atoms with Gasteiger partial charge in [0.25, 0.3) is 0 Å². The Labute approximate surface area is 139 Å². The van der Waals surface area contributed by atoms with Crippen LogP contribution in [0.15, 0.2) is 0 Å². The molecule has 0 aromatic heterocycles. The van der Waals surface area contributed by atoms with Crippen molar-refractivity contribution in [3.8, 4) is 6.07 Å². The minimum atomic E-state index is -0.0680. The van der Waals surface area contributed by atoms with E-state index in [4.69, 9.17) is 5.26 Å². The monoisotopic (exact) mass is 322 g/mol. The highest BCUT2D eigenvalue weighted by atomic mass is 16.2. The van der Waals surface area contributed by atoms with Crippen molar-refractivity contribution in [3.63, 3.8) is 0 Å². The van der Waals surface area contributed by atoms with Gasteiger partial charge in [0.15, 0.2) is 0 Å². The van der Waals surface area contributed by atoms with Gasteiger partial charge in [0, 0.05) is 39.1 Å². The third kappa shape index (κ3) is 6.47. The lowest BCUT2D eigenvalue weighted by atomic mass is 9.94. The van der Waals surface area contributed by atoms with Crippen molar-refractivity contribution >= 4 is 11.9 Å². The molecule has 0 aromatic carbocycles. The Morgan fingerprint density at radius 3 is 2.70 bits per heavy atom. The number of rotatable bonds is 6. The first kappa shape index (κ1) is 19.3. The molecular weight excluding hydrogens is 292 g/mol. The van der Waals surface area contributed by atoms with Gasteiger partial charge in [0.05, 0.1) is 12.5 Å². The summed E-state index contributed by atoms with van der Waals surface area (Å²) in [6.45, 7) is 8.08. The maximum Gasteiger partial charge on any atom is 0.317 e. The lowest BCUT2D eigenvalue weighted by Gasteiger charge is -2.34. The molecule has 1 saturated heterocycles. The van der Waals surface area contributed by atoms with E-state index >= 15 is 0 Å². The number of urea groups is 1. The summed E-state index contributed by atoms with van der Waals surface area (Å²) in [4.78, 5) is 27.9. The molecule has 6 nitrogen and oxygen atoms in total. The molecule has 1 heterocycles. The Hall–Kier alpha value is -1.77. The molecule has 1 rings (SSSR count). The second-order valence-electron chi connectivity index (χ2n) is 6.95. The molecule has 2 atom stereocenters. The van der Waals surface area contributed by atoms with Gasteiger partial charge in [-0.15, -0.1) is 0 Å². The number of hydrogen-bond donors (Lipinski definition) is 1. The van der Waals surface area contributed by atoms with Crippen LogP contribution in [0.25, 0.3) is 0 Å². The van der Waals surface area contributed by atoms with E-state index in [9.17, 15) is 9.59 Å². The fourth-order valence-electron chi connectivity index (χ4n) is 2.73. The van der Waals surface area contributed by atoms with Gasteiger partial charge in [0.1, 0.15) is 0 Å². The summed E-state index contributed by atoms with van der Waals surface area (Å²) in [7, 11) is 1.75. The maximum absolute atomic E-state index is 12.3. The molecule has 1 aliphatic rings. The Kier molecular flexibility index (Phi) is 7.87. The zero-order chi connectivity index (χ0) is 17.4. The normalized spacial score (nSPS) is 19.1. The highest BCUT2D eigenvalue weighted by molar-refractivity contribution is 5.77. The van der Waals surface area contributed by atoms with Crippen LogP contribution in [0.1, 0.15) is 46.5 Å². The molecule has 0 radical (unpaired) electrons. The zero-order valence-electron chi connectivity index (χ0n) is 14.8. The Bertz CT molecular complexity index is 444. The largest absolute Gasteiger partial charge is 0.342 e. The van der Waals surface area contributed by atoms with Crippen LogP contribution in [-0.4, -0.2) is 54.5 Å². The van der Waals surface area contributed by atoms with Gasteiger partial charge >= 0.3 is 6.03 Å². The van der Waals surface area contributed by atoms with E-state index in [1.165, 1.54) is 0 Å². The van der Waals surface area contributed by atoms with E-state index in [1.807, 2.05) is 11.8 Å². The third-order valence-electron chi connectivity index (χ3n) is 4.37. The van der Waals surface area contributed by atoms with Gasteiger partial charge in [0.2, 0.25) is 5.91 Å². The summed E-state index contributed by atoms with van der Waals surface area (Å²) >= 11 is 0. The Morgan fingerprint density at radius 2 is 2.09 bits per heavy atom. The molecule has 23 heavy (non-hydrogen) atoms. The third-order valence-corrected chi connectivity index (χ3v) is 4.37. The van der Waals surface area contributed by atoms with Crippen LogP contribution in [0.3, 0.4) is 0 Å². The summed E-state index contributed by atoms with van der Waals surface area (Å²) in [6.07, 6.45) is 2.70. The first-order valence-corrected chi connectivity index (χ1v) is 8.50. The molecule has 6 heteroatoms. The number of carbonyl (C=O) groups excluding carboxylic acids is 2. The molecule has 1 aliphatic heterocycles. The van der Waals surface area contributed by atoms with E-state index in [2.05, 4.69) is 25.2 Å². The van der Waals surface area contributed by atoms with Crippen molar-refractivity contribution in [3.05, 3.63) is 0 Å². The van der Waals surface area contributed by atoms with Gasteiger partial charge in [-0.2, -0.15) is 5.26 Å². The SMILES string of the molecule is CC(C)CNC(=O)N1CCC[C@@H](CC(=O)N(C)[C@@H](C)CC#N)C1. The van der Waals surface area contributed by atoms with Crippen LogP contribution < -0.4 is 5.32 Å². The van der Waals surface area contributed by atoms with Crippen LogP contribution in [-0.2, 0) is 4.79 Å². The number of carbonyl (C=O) groups is 2. The summed E-state index contributed by atoms with van der Waals surface area (Å²) in [5.74, 6) is 0.691. The van der Waals surface area contributed by atoms with Gasteiger partial charge in [-0.3, -0.25) is 4.79 Å². The van der Waals surface area contributed by atoms with Crippen LogP contribution in [0.5, 0.6) is 0 Å². The van der Waals surface area contributed by atoms with Gasteiger partial charge in [-0.1, -0.05) is 13.8 Å². The molecular formula is C17H30N4O2. The first-order chi connectivity index (χ1) is 10.8. The molecule has 0 aromatic rings. The number of nitrogens with one attached hydrogen (secondary N) is 1. The number of piperidine rings is 1. The maximum atomic E-state index is 12.3. The molecule has 0 aliphatic carbocycles. The number of nitriles is 1. The zero-order valence-corrected chi connectivity index (χ0v) is 14.8. The summed E-state index contributed by atoms with van der Waals surface area (Å²) in [5, 5.41) is 11.7. The van der Waals surface area contributed by atoms with Crippen LogP contribution in [0, 0.1) is 23.2 Å². The van der Waals surface area contributed by atoms with Gasteiger partial charge < -0.3 is 15.1 Å². The second kappa shape index (κ2) is 9.39. The van der Waals surface area contributed by atoms with Crippen LogP contribution in [0.2, 0.25) is 0 Å². The molecule has 1 fully saturated rings. The lowest BCUT2D eigenvalue weighted by Crippen LogP contribution is -2.47. The summed E-state index contributed by atoms with van der Waals surface area (Å²) < 4.78 is 0. The van der Waals surface area contributed by atoms with Gasteiger partial charge in [-0.05, 0) is 31.6 Å². The molecule has 0 saturated carbocycles. The van der Waals surface area contributed by atoms with Crippen LogP contribution in [0.4, 0.5) is 4.79 Å². The van der Waals surface area contributed by atoms with Crippen molar-refractivity contribution in [1.29, 1.82) is 5.26 Å². The van der Waals surface area contributed by atoms with Crippen molar-refractivity contribution in [1.82, 2.24) is 15.1 Å². The fraction of sp³-hybridized carbons (Fsp3) is 0.824. The average molecular weight is 322 g/mol. The van der Waals surface area contributed by atoms with Crippen molar-refractivity contribution in [2.45, 2.75) is 52.5 Å². The van der Waals surface area contributed by atoms with E-state index < -0.39 is 0 Å². The average Bonchev–Trinajstić information content (AvgIpc) is 2.52. The highest BCUT2D eigenvalue weighted by Crippen LogP contribution is 2.21. The summed E-state index contributed by atoms with van der Waals surface area (Å²) in [5.41, 5.74) is 0. The quantitative estimate of drug-likeness (QED) is 0.814. The van der Waals surface area contributed by atoms with Crippen molar-refractivity contribution in [2.24, 2.45) is 11.8 Å². The fourth-order valence-corrected chi connectivity index (χ4v) is 2.73. The predicted molar refractivity (Wildman–Crippen MR) is 89.6 cm³/mol. The standard InChI is InChI=1S/C17H30N4O2/c1-13(2)11-19-17(23)21-9-5-6-15(12-21)10-16(22)20(4)14(3)7-8-18/h13-15H,5-7,9-12H2,1-4H3,(H,19,23)/t14-,15-/m0/s1. The molecule has 3 amide bonds. The summed E-state index contributed by atoms with van der Waals surface area (Å²) in [6, 6.07) is 2.00. The molecule has 130 valence electrons. The van der Waals surface area contributed by atoms with E-state index in [0.717, 1.165) is 19.4 Å². The molecule has 0 spiro atoms. The van der Waals surface area contributed by atoms with E-state index in [-0.39, 0.29) is 23.9 Å². The van der Waals surface area contributed by atoms with E-state index in [0.29, 0.717) is 31.8 Å². The second-order valence-corrected chi connectivity index (χ2v) is 6.95. The molecule has 0 unspecified atom stereocenters. The van der Waals surface area contributed by atoms with Crippen molar-refractivity contribution < 1.29 is 9.59 Å². The Balaban J connectivity index is 2.47. The Morgan fingerprint density at radius 1 is 1.39 bits per heavy atom. The van der Waals surface area contributed by atoms with E-state index in [1.54, 1.807) is 11.9 Å². The topological polar surface area (TPSA) is 76.4 Å². The molecule has 0 bridgehead atoms. The lowest BCUT2D eigenvalue weighted by molar-refractivity contribution is -0.132. The molecule has 1 N–H and O–H groups in total. The van der Waals surface area contributed by atoms with Gasteiger partial charge in [-0.25, -0.2) is 4.79 Å². The predicted octanol–water partition coefficient (Wildman–Crippen LogP) is 2.21. The number of amides is 3. The number of hydrogen-bond acceptors (Lipinski definition) is 3. The highest BCUT2D eigenvalue weighted by Gasteiger charge is 2.27. The van der Waals surface area contributed by atoms with Crippen LogP contribution >= 0.6 is 0 Å². The number of likely N-dealkylation sites (tertiary alicyclic amines) is 1. The minimum absolute atomic E-state index is 0.0259. The first-order valence-electron chi connectivity index (χ1n) is 8.50. The smallest absolute Gasteiger partial charge is 0.317 e. The number of nitrogens with zero attached hydrogens (tertiary/aromatic N) is 3.